The fourth-order valence-electron chi connectivity index (χ4n) is 2.28. The lowest BCUT2D eigenvalue weighted by Crippen LogP contribution is -2.28. The van der Waals surface area contributed by atoms with Gasteiger partial charge in [-0.15, -0.1) is 5.10 Å². The molecule has 2 unspecified atom stereocenters. The Bertz CT molecular complexity index is 358. The van der Waals surface area contributed by atoms with E-state index in [2.05, 4.69) is 34.0 Å². The zero-order valence-electron chi connectivity index (χ0n) is 11.1. The van der Waals surface area contributed by atoms with E-state index in [4.69, 9.17) is 4.42 Å². The van der Waals surface area contributed by atoms with Crippen molar-refractivity contribution in [3.05, 3.63) is 5.89 Å². The number of nitrogens with one attached hydrogen (secondary N) is 2. The van der Waals surface area contributed by atoms with Crippen molar-refractivity contribution in [2.75, 3.05) is 18.1 Å². The van der Waals surface area contributed by atoms with Gasteiger partial charge >= 0.3 is 6.01 Å². The zero-order valence-corrected chi connectivity index (χ0v) is 11.9. The minimum Gasteiger partial charge on any atom is -0.407 e. The van der Waals surface area contributed by atoms with E-state index in [0.29, 0.717) is 24.5 Å². The highest BCUT2D eigenvalue weighted by molar-refractivity contribution is 7.99. The van der Waals surface area contributed by atoms with Gasteiger partial charge in [-0.2, -0.15) is 11.8 Å². The molecule has 1 aromatic heterocycles. The van der Waals surface area contributed by atoms with Crippen LogP contribution in [0.4, 0.5) is 6.01 Å². The quantitative estimate of drug-likeness (QED) is 0.827. The summed E-state index contributed by atoms with van der Waals surface area (Å²) in [5.74, 6) is 0.650. The Hall–Kier alpha value is -0.750. The molecule has 1 heterocycles. The van der Waals surface area contributed by atoms with Gasteiger partial charge in [0.25, 0.3) is 0 Å². The molecule has 2 N–H and O–H groups in total. The fraction of sp³-hybridized carbons (Fsp3) is 0.833. The Balaban J connectivity index is 1.83. The van der Waals surface area contributed by atoms with E-state index in [-0.39, 0.29) is 0 Å². The van der Waals surface area contributed by atoms with Crippen LogP contribution in [0.25, 0.3) is 0 Å². The van der Waals surface area contributed by atoms with Crippen LogP contribution < -0.4 is 10.6 Å². The molecule has 1 fully saturated rings. The lowest BCUT2D eigenvalue weighted by atomic mass is 9.95. The largest absolute Gasteiger partial charge is 0.407 e. The van der Waals surface area contributed by atoms with Gasteiger partial charge in [-0.1, -0.05) is 18.4 Å². The lowest BCUT2D eigenvalue weighted by molar-refractivity contribution is 0.442. The van der Waals surface area contributed by atoms with Crippen LogP contribution in [0.15, 0.2) is 4.42 Å². The molecule has 0 radical (unpaired) electrons. The molecule has 1 saturated carbocycles. The highest BCUT2D eigenvalue weighted by Crippen LogP contribution is 2.28. The summed E-state index contributed by atoms with van der Waals surface area (Å²) in [6, 6.07) is 1.04. The maximum Gasteiger partial charge on any atom is 0.315 e. The molecule has 6 heteroatoms. The average Bonchev–Trinajstić information content (AvgIpc) is 2.84. The van der Waals surface area contributed by atoms with Gasteiger partial charge in [0.2, 0.25) is 5.89 Å². The maximum atomic E-state index is 5.55. The van der Waals surface area contributed by atoms with Gasteiger partial charge in [0.15, 0.2) is 0 Å². The number of hydrogen-bond donors (Lipinski definition) is 2. The van der Waals surface area contributed by atoms with Crippen LogP contribution in [0.2, 0.25) is 0 Å². The number of thioether (sulfide) groups is 1. The van der Waals surface area contributed by atoms with Gasteiger partial charge in [-0.05, 0) is 32.1 Å². The highest BCUT2D eigenvalue weighted by Gasteiger charge is 2.22. The Morgan fingerprint density at radius 3 is 3.06 bits per heavy atom. The van der Waals surface area contributed by atoms with E-state index < -0.39 is 0 Å². The van der Waals surface area contributed by atoms with Crippen molar-refractivity contribution in [2.24, 2.45) is 0 Å². The Morgan fingerprint density at radius 2 is 2.28 bits per heavy atom. The summed E-state index contributed by atoms with van der Waals surface area (Å²) in [6.45, 7) is 3.60. The fourth-order valence-corrected chi connectivity index (χ4v) is 3.11. The molecule has 18 heavy (non-hydrogen) atoms. The van der Waals surface area contributed by atoms with Crippen LogP contribution >= 0.6 is 11.8 Å². The van der Waals surface area contributed by atoms with E-state index in [1.807, 2.05) is 11.8 Å². The Kier molecular flexibility index (Phi) is 5.31. The molecular weight excluding hydrogens is 248 g/mol. The number of nitrogens with zero attached hydrogens (tertiary/aromatic N) is 2. The number of hydrogen-bond acceptors (Lipinski definition) is 6. The molecule has 1 aromatic rings. The van der Waals surface area contributed by atoms with E-state index in [1.54, 1.807) is 0 Å². The number of anilines is 1. The summed E-state index contributed by atoms with van der Waals surface area (Å²) >= 11 is 1.96. The predicted molar refractivity (Wildman–Crippen MR) is 74.9 cm³/mol. The van der Waals surface area contributed by atoms with Crippen molar-refractivity contribution >= 4 is 17.8 Å². The summed E-state index contributed by atoms with van der Waals surface area (Å²) in [6.07, 6.45) is 7.18. The molecule has 2 rings (SSSR count). The van der Waals surface area contributed by atoms with Crippen LogP contribution in [0, 0.1) is 0 Å². The molecule has 1 aliphatic rings. The standard InChI is InChI=1S/C12H22N4OS/c1-3-13-8-11-15-16-12(17-11)14-9-5-4-6-10(7-9)18-2/h9-10,13H,3-8H2,1-2H3,(H,14,16). The second kappa shape index (κ2) is 6.99. The molecule has 102 valence electrons. The van der Waals surface area contributed by atoms with E-state index in [9.17, 15) is 0 Å². The molecule has 2 atom stereocenters. The van der Waals surface area contributed by atoms with E-state index in [0.717, 1.165) is 11.8 Å². The van der Waals surface area contributed by atoms with Crippen molar-refractivity contribution < 1.29 is 4.42 Å². The van der Waals surface area contributed by atoms with Gasteiger partial charge in [0, 0.05) is 11.3 Å². The minimum atomic E-state index is 0.476. The number of rotatable bonds is 6. The summed E-state index contributed by atoms with van der Waals surface area (Å²) < 4.78 is 5.55. The van der Waals surface area contributed by atoms with E-state index >= 15 is 0 Å². The SMILES string of the molecule is CCNCc1nnc(NC2CCCC(SC)C2)o1. The highest BCUT2D eigenvalue weighted by atomic mass is 32.2. The second-order valence-electron chi connectivity index (χ2n) is 4.65. The van der Waals surface area contributed by atoms with Gasteiger partial charge in [-0.25, -0.2) is 0 Å². The smallest absolute Gasteiger partial charge is 0.315 e. The molecule has 0 spiro atoms. The third-order valence-corrected chi connectivity index (χ3v) is 4.37. The van der Waals surface area contributed by atoms with Gasteiger partial charge in [0.05, 0.1) is 6.54 Å². The zero-order chi connectivity index (χ0) is 12.8. The van der Waals surface area contributed by atoms with Crippen LogP contribution in [-0.2, 0) is 6.54 Å². The van der Waals surface area contributed by atoms with Crippen LogP contribution in [-0.4, -0.2) is 34.3 Å². The number of aromatic nitrogens is 2. The maximum absolute atomic E-state index is 5.55. The van der Waals surface area contributed by atoms with Crippen molar-refractivity contribution in [1.82, 2.24) is 15.5 Å². The Labute approximate surface area is 112 Å². The monoisotopic (exact) mass is 270 g/mol. The molecule has 0 saturated heterocycles. The lowest BCUT2D eigenvalue weighted by Gasteiger charge is -2.27. The van der Waals surface area contributed by atoms with Crippen molar-refractivity contribution in [2.45, 2.75) is 50.4 Å². The van der Waals surface area contributed by atoms with Crippen molar-refractivity contribution in [3.8, 4) is 0 Å². The third kappa shape index (κ3) is 3.88. The summed E-state index contributed by atoms with van der Waals surface area (Å²) in [5.41, 5.74) is 0. The van der Waals surface area contributed by atoms with Gasteiger partial charge < -0.3 is 15.1 Å². The summed E-state index contributed by atoms with van der Waals surface area (Å²) in [4.78, 5) is 0. The first kappa shape index (κ1) is 13.7. The summed E-state index contributed by atoms with van der Waals surface area (Å²) in [5, 5.41) is 15.3. The Morgan fingerprint density at radius 1 is 1.39 bits per heavy atom. The average molecular weight is 270 g/mol. The molecule has 0 bridgehead atoms. The first-order valence-corrected chi connectivity index (χ1v) is 7.93. The minimum absolute atomic E-state index is 0.476. The molecule has 0 aliphatic heterocycles. The molecular formula is C12H22N4OS. The topological polar surface area (TPSA) is 63.0 Å². The van der Waals surface area contributed by atoms with Crippen LogP contribution in [0.5, 0.6) is 0 Å². The second-order valence-corrected chi connectivity index (χ2v) is 5.78. The summed E-state index contributed by atoms with van der Waals surface area (Å²) in [7, 11) is 0. The first-order valence-electron chi connectivity index (χ1n) is 6.64. The van der Waals surface area contributed by atoms with Crippen LogP contribution in [0.1, 0.15) is 38.5 Å². The van der Waals surface area contributed by atoms with Gasteiger partial charge in [0.1, 0.15) is 0 Å². The van der Waals surface area contributed by atoms with Crippen molar-refractivity contribution in [1.29, 1.82) is 0 Å². The molecule has 0 aromatic carbocycles. The van der Waals surface area contributed by atoms with E-state index in [1.165, 1.54) is 25.7 Å². The molecule has 0 amide bonds. The normalized spacial score (nSPS) is 24.1. The van der Waals surface area contributed by atoms with Gasteiger partial charge in [-0.3, -0.25) is 0 Å². The third-order valence-electron chi connectivity index (χ3n) is 3.28. The predicted octanol–water partition coefficient (Wildman–Crippen LogP) is 2.27. The van der Waals surface area contributed by atoms with Crippen molar-refractivity contribution in [3.63, 3.8) is 0 Å². The van der Waals surface area contributed by atoms with Crippen LogP contribution in [0.3, 0.4) is 0 Å². The molecule has 1 aliphatic carbocycles. The molecule has 5 nitrogen and oxygen atoms in total. The first-order chi connectivity index (χ1) is 8.81.